The molecule has 2 fully saturated rings. The Labute approximate surface area is 139 Å². The van der Waals surface area contributed by atoms with E-state index < -0.39 is 10.0 Å². The van der Waals surface area contributed by atoms with E-state index in [1.165, 1.54) is 0 Å². The van der Waals surface area contributed by atoms with Crippen molar-refractivity contribution in [2.45, 2.75) is 44.9 Å². The first-order valence-corrected chi connectivity index (χ1v) is 10.1. The summed E-state index contributed by atoms with van der Waals surface area (Å²) in [4.78, 5) is 0. The Kier molecular flexibility index (Phi) is 4.11. The summed E-state index contributed by atoms with van der Waals surface area (Å²) in [6.45, 7) is 4.82. The molecule has 1 aromatic rings. The average molecular weight is 340 g/mol. The normalized spacial score (nSPS) is 33.2. The van der Waals surface area contributed by atoms with Gasteiger partial charge < -0.3 is 0 Å². The van der Waals surface area contributed by atoms with Gasteiger partial charge in [-0.3, -0.25) is 0 Å². The van der Waals surface area contributed by atoms with E-state index in [0.717, 1.165) is 24.8 Å². The maximum atomic E-state index is 12.6. The summed E-state index contributed by atoms with van der Waals surface area (Å²) in [5.74, 6) is 0.809. The van der Waals surface area contributed by atoms with E-state index in [1.807, 2.05) is 30.3 Å². The van der Waals surface area contributed by atoms with Crippen LogP contribution in [0.25, 0.3) is 0 Å². The lowest BCUT2D eigenvalue weighted by Crippen LogP contribution is -2.45. The molecule has 3 nitrogen and oxygen atoms in total. The Balaban J connectivity index is 1.74. The molecule has 1 unspecified atom stereocenters. The zero-order valence-corrected chi connectivity index (χ0v) is 15.0. The van der Waals surface area contributed by atoms with E-state index in [2.05, 4.69) is 18.6 Å². The van der Waals surface area contributed by atoms with Crippen molar-refractivity contribution in [1.82, 2.24) is 4.72 Å². The molecular weight excluding hydrogens is 314 g/mol. The molecular formula is C17H25NO2S2. The zero-order valence-electron chi connectivity index (χ0n) is 13.2. The maximum Gasteiger partial charge on any atom is 0.212 e. The highest BCUT2D eigenvalue weighted by molar-refractivity contribution is 7.89. The van der Waals surface area contributed by atoms with E-state index in [9.17, 15) is 8.42 Å². The molecule has 0 aromatic heterocycles. The largest absolute Gasteiger partial charge is 0.212 e. The maximum absolute atomic E-state index is 12.6. The van der Waals surface area contributed by atoms with Gasteiger partial charge in [0, 0.05) is 17.2 Å². The van der Waals surface area contributed by atoms with Gasteiger partial charge in [0.05, 0.1) is 5.75 Å². The van der Waals surface area contributed by atoms with Crippen molar-refractivity contribution in [2.75, 3.05) is 5.75 Å². The second kappa shape index (κ2) is 5.53. The molecule has 3 rings (SSSR count). The number of nitrogens with one attached hydrogen (secondary N) is 1. The van der Waals surface area contributed by atoms with Crippen LogP contribution in [0.3, 0.4) is 0 Å². The Morgan fingerprint density at radius 3 is 2.50 bits per heavy atom. The Bertz CT molecular complexity index is 642. The van der Waals surface area contributed by atoms with Crippen molar-refractivity contribution in [3.8, 4) is 0 Å². The standard InChI is InChI=1S/C17H25NO2S2/c1-16(2)14-8-9-17(16,15(21)10-14)12-22(19,20)18-11-13-6-4-3-5-7-13/h3-7,14-15,18,21H,8-12H2,1-2H3/t14-,15?,17-/m0/s1. The summed E-state index contributed by atoms with van der Waals surface area (Å²) in [5, 5.41) is 0.189. The highest BCUT2D eigenvalue weighted by Gasteiger charge is 2.64. The molecule has 0 saturated heterocycles. The van der Waals surface area contributed by atoms with Crippen LogP contribution < -0.4 is 4.72 Å². The van der Waals surface area contributed by atoms with E-state index in [1.54, 1.807) is 0 Å². The fourth-order valence-corrected chi connectivity index (χ4v) is 7.37. The summed E-state index contributed by atoms with van der Waals surface area (Å²) in [7, 11) is -3.31. The molecule has 0 aliphatic heterocycles. The Morgan fingerprint density at radius 2 is 1.95 bits per heavy atom. The van der Waals surface area contributed by atoms with Crippen molar-refractivity contribution in [1.29, 1.82) is 0 Å². The molecule has 2 bridgehead atoms. The molecule has 0 amide bonds. The van der Waals surface area contributed by atoms with E-state index >= 15 is 0 Å². The number of fused-ring (bicyclic) bond motifs is 2. The number of benzene rings is 1. The number of sulfonamides is 1. The first-order chi connectivity index (χ1) is 10.3. The number of hydrogen-bond acceptors (Lipinski definition) is 3. The molecule has 2 aliphatic rings. The van der Waals surface area contributed by atoms with E-state index in [0.29, 0.717) is 12.5 Å². The van der Waals surface area contributed by atoms with Gasteiger partial charge in [0.2, 0.25) is 10.0 Å². The van der Waals surface area contributed by atoms with Gasteiger partial charge in [0.25, 0.3) is 0 Å². The van der Waals surface area contributed by atoms with Crippen LogP contribution in [0.5, 0.6) is 0 Å². The third-order valence-corrected chi connectivity index (χ3v) is 8.36. The molecule has 1 N–H and O–H groups in total. The van der Waals surface area contributed by atoms with Crippen LogP contribution in [-0.4, -0.2) is 19.4 Å². The first kappa shape index (κ1) is 16.3. The monoisotopic (exact) mass is 339 g/mol. The summed E-state index contributed by atoms with van der Waals surface area (Å²) in [6.07, 6.45) is 3.16. The Morgan fingerprint density at radius 1 is 1.27 bits per heavy atom. The highest BCUT2D eigenvalue weighted by atomic mass is 32.2. The summed E-state index contributed by atoms with van der Waals surface area (Å²) in [5.41, 5.74) is 0.852. The predicted octanol–water partition coefficient (Wildman–Crippen LogP) is 3.23. The molecule has 122 valence electrons. The number of hydrogen-bond donors (Lipinski definition) is 2. The molecule has 2 aliphatic carbocycles. The quantitative estimate of drug-likeness (QED) is 0.809. The molecule has 2 saturated carbocycles. The topological polar surface area (TPSA) is 46.2 Å². The second-order valence-electron chi connectivity index (χ2n) is 7.43. The average Bonchev–Trinajstić information content (AvgIpc) is 2.80. The van der Waals surface area contributed by atoms with Crippen LogP contribution in [0, 0.1) is 16.7 Å². The van der Waals surface area contributed by atoms with Crippen LogP contribution in [0.15, 0.2) is 30.3 Å². The molecule has 3 atom stereocenters. The van der Waals surface area contributed by atoms with E-state index in [-0.39, 0.29) is 21.8 Å². The number of thiol groups is 1. The first-order valence-electron chi connectivity index (χ1n) is 7.96. The van der Waals surface area contributed by atoms with Gasteiger partial charge in [0.15, 0.2) is 0 Å². The van der Waals surface area contributed by atoms with Crippen molar-refractivity contribution >= 4 is 22.7 Å². The minimum atomic E-state index is -3.31. The minimum Gasteiger partial charge on any atom is -0.212 e. The smallest absolute Gasteiger partial charge is 0.212 e. The van der Waals surface area contributed by atoms with Crippen molar-refractivity contribution < 1.29 is 8.42 Å². The third kappa shape index (κ3) is 2.61. The fourth-order valence-electron chi connectivity index (χ4n) is 4.56. The lowest BCUT2D eigenvalue weighted by Gasteiger charge is -2.40. The molecule has 5 heteroatoms. The van der Waals surface area contributed by atoms with Crippen LogP contribution in [0.4, 0.5) is 0 Å². The third-order valence-electron chi connectivity index (χ3n) is 6.18. The van der Waals surface area contributed by atoms with Gasteiger partial charge in [0.1, 0.15) is 0 Å². The lowest BCUT2D eigenvalue weighted by atomic mass is 9.70. The summed E-state index contributed by atoms with van der Waals surface area (Å²) in [6, 6.07) is 9.66. The Hall–Kier alpha value is -0.520. The van der Waals surface area contributed by atoms with Crippen LogP contribution in [0.2, 0.25) is 0 Å². The molecule has 22 heavy (non-hydrogen) atoms. The van der Waals surface area contributed by atoms with Gasteiger partial charge in [-0.2, -0.15) is 12.6 Å². The van der Waals surface area contributed by atoms with E-state index in [4.69, 9.17) is 12.6 Å². The molecule has 0 spiro atoms. The zero-order chi connectivity index (χ0) is 16.0. The number of rotatable bonds is 5. The van der Waals surface area contributed by atoms with Crippen molar-refractivity contribution in [3.63, 3.8) is 0 Å². The predicted molar refractivity (Wildman–Crippen MR) is 93.4 cm³/mol. The molecule has 0 heterocycles. The summed E-state index contributed by atoms with van der Waals surface area (Å²) < 4.78 is 28.0. The van der Waals surface area contributed by atoms with Crippen molar-refractivity contribution in [2.24, 2.45) is 16.7 Å². The van der Waals surface area contributed by atoms with Gasteiger partial charge in [-0.25, -0.2) is 13.1 Å². The summed E-state index contributed by atoms with van der Waals surface area (Å²) >= 11 is 4.75. The van der Waals surface area contributed by atoms with Crippen molar-refractivity contribution in [3.05, 3.63) is 35.9 Å². The van der Waals surface area contributed by atoms with Gasteiger partial charge in [-0.1, -0.05) is 44.2 Å². The SMILES string of the molecule is CC1(C)[C@H]2CC[C@]1(CS(=O)(=O)NCc1ccccc1)C(S)C2. The minimum absolute atomic E-state index is 0.0565. The molecule has 0 radical (unpaired) electrons. The van der Waals surface area contributed by atoms with Crippen LogP contribution in [-0.2, 0) is 16.6 Å². The van der Waals surface area contributed by atoms with Gasteiger partial charge >= 0.3 is 0 Å². The van der Waals surface area contributed by atoms with Crippen LogP contribution >= 0.6 is 12.6 Å². The fraction of sp³-hybridized carbons (Fsp3) is 0.647. The van der Waals surface area contributed by atoms with Gasteiger partial charge in [-0.15, -0.1) is 0 Å². The highest BCUT2D eigenvalue weighted by Crippen LogP contribution is 2.67. The van der Waals surface area contributed by atoms with Crippen LogP contribution in [0.1, 0.15) is 38.7 Å². The second-order valence-corrected chi connectivity index (χ2v) is 9.86. The lowest BCUT2D eigenvalue weighted by molar-refractivity contribution is 0.159. The van der Waals surface area contributed by atoms with Gasteiger partial charge in [-0.05, 0) is 36.2 Å². The molecule has 1 aromatic carbocycles.